The van der Waals surface area contributed by atoms with E-state index >= 15 is 0 Å². The Hall–Kier alpha value is -3.99. The Labute approximate surface area is 179 Å². The number of hydrogen-bond acceptors (Lipinski definition) is 7. The van der Waals surface area contributed by atoms with E-state index in [0.29, 0.717) is 29.5 Å². The van der Waals surface area contributed by atoms with Crippen molar-refractivity contribution in [3.8, 4) is 17.6 Å². The number of esters is 1. The van der Waals surface area contributed by atoms with Crippen molar-refractivity contribution in [1.29, 1.82) is 5.26 Å². The number of nitrogens with zero attached hydrogens (tertiary/aromatic N) is 2. The summed E-state index contributed by atoms with van der Waals surface area (Å²) in [6, 6.07) is 13.8. The number of aromatic nitrogens is 2. The number of H-pyrrole nitrogens is 1. The monoisotopic (exact) mass is 421 g/mol. The van der Waals surface area contributed by atoms with Gasteiger partial charge in [0.05, 0.1) is 30.3 Å². The summed E-state index contributed by atoms with van der Waals surface area (Å²) in [4.78, 5) is 19.7. The Kier molecular flexibility index (Phi) is 6.78. The lowest BCUT2D eigenvalue weighted by Crippen LogP contribution is -2.10. The summed E-state index contributed by atoms with van der Waals surface area (Å²) in [6.07, 6.45) is 0. The quantitative estimate of drug-likeness (QED) is 0.317. The molecule has 31 heavy (non-hydrogen) atoms. The summed E-state index contributed by atoms with van der Waals surface area (Å²) in [5.74, 6) is 0.374. The molecular weight excluding hydrogens is 398 g/mol. The number of allylic oxidation sites excluding steroid dienone is 1. The number of fused-ring (bicyclic) bond motifs is 1. The van der Waals surface area contributed by atoms with Gasteiger partial charge in [-0.05, 0) is 36.2 Å². The second-order valence-electron chi connectivity index (χ2n) is 7.18. The topological polar surface area (TPSA) is 117 Å². The maximum atomic E-state index is 12.4. The minimum absolute atomic E-state index is 0.0981. The first-order valence-corrected chi connectivity index (χ1v) is 9.68. The third-order valence-corrected chi connectivity index (χ3v) is 4.34. The lowest BCUT2D eigenvalue weighted by atomic mass is 10.2. The normalized spacial score (nSPS) is 11.7. The molecule has 3 aromatic rings. The molecule has 8 nitrogen and oxygen atoms in total. The van der Waals surface area contributed by atoms with Gasteiger partial charge in [0.25, 0.3) is 0 Å². The van der Waals surface area contributed by atoms with Crippen LogP contribution in [0.15, 0.2) is 48.2 Å². The Morgan fingerprint density at radius 3 is 2.68 bits per heavy atom. The second-order valence-corrected chi connectivity index (χ2v) is 7.18. The molecule has 0 unspecified atom stereocenters. The zero-order chi connectivity index (χ0) is 22.4. The number of benzene rings is 2. The molecule has 160 valence electrons. The Bertz CT molecular complexity index is 1120. The Balaban J connectivity index is 1.73. The zero-order valence-corrected chi connectivity index (χ0v) is 17.5. The molecular formula is C23H23N3O5. The fourth-order valence-electron chi connectivity index (χ4n) is 2.79. The van der Waals surface area contributed by atoms with E-state index < -0.39 is 18.3 Å². The van der Waals surface area contributed by atoms with Crippen LogP contribution in [0.2, 0.25) is 0 Å². The largest absolute Gasteiger partial charge is 0.507 e. The van der Waals surface area contributed by atoms with Gasteiger partial charge in [-0.15, -0.1) is 0 Å². The third-order valence-electron chi connectivity index (χ3n) is 4.34. The van der Waals surface area contributed by atoms with E-state index in [9.17, 15) is 15.2 Å². The molecule has 0 saturated carbocycles. The van der Waals surface area contributed by atoms with Crippen LogP contribution in [0.3, 0.4) is 0 Å². The van der Waals surface area contributed by atoms with Crippen molar-refractivity contribution in [2.75, 3.05) is 20.3 Å². The SMILES string of the molecule is COc1cc(C(=O)OC/C(O)=C(\C#N)c2nc3ccccc3[nH]2)ccc1OCC(C)C. The van der Waals surface area contributed by atoms with E-state index in [1.807, 2.05) is 32.0 Å². The van der Waals surface area contributed by atoms with Crippen LogP contribution in [0.1, 0.15) is 30.0 Å². The summed E-state index contributed by atoms with van der Waals surface area (Å²) in [5, 5.41) is 19.8. The van der Waals surface area contributed by atoms with E-state index in [-0.39, 0.29) is 17.0 Å². The average Bonchev–Trinajstić information content (AvgIpc) is 3.20. The average molecular weight is 421 g/mol. The number of rotatable bonds is 8. The van der Waals surface area contributed by atoms with Gasteiger partial charge in [0.15, 0.2) is 23.1 Å². The van der Waals surface area contributed by atoms with Crippen molar-refractivity contribution in [2.45, 2.75) is 13.8 Å². The van der Waals surface area contributed by atoms with Crippen LogP contribution in [0.5, 0.6) is 11.5 Å². The molecule has 1 heterocycles. The highest BCUT2D eigenvalue weighted by atomic mass is 16.5. The smallest absolute Gasteiger partial charge is 0.338 e. The number of nitrogens with one attached hydrogen (secondary N) is 1. The number of carbonyl (C=O) groups excluding carboxylic acids is 1. The number of carbonyl (C=O) groups is 1. The molecule has 0 radical (unpaired) electrons. The highest BCUT2D eigenvalue weighted by Crippen LogP contribution is 2.29. The number of methoxy groups -OCH3 is 1. The van der Waals surface area contributed by atoms with Crippen LogP contribution >= 0.6 is 0 Å². The van der Waals surface area contributed by atoms with E-state index in [2.05, 4.69) is 9.97 Å². The van der Waals surface area contributed by atoms with Gasteiger partial charge >= 0.3 is 5.97 Å². The first-order chi connectivity index (χ1) is 14.9. The fraction of sp³-hybridized carbons (Fsp3) is 0.261. The third kappa shape index (κ3) is 5.14. The molecule has 3 rings (SSSR count). The Morgan fingerprint density at radius 1 is 1.23 bits per heavy atom. The van der Waals surface area contributed by atoms with Crippen molar-refractivity contribution >= 4 is 22.6 Å². The van der Waals surface area contributed by atoms with Gasteiger partial charge in [0.2, 0.25) is 0 Å². The number of imidazole rings is 1. The summed E-state index contributed by atoms with van der Waals surface area (Å²) >= 11 is 0. The van der Waals surface area contributed by atoms with Gasteiger partial charge in [-0.3, -0.25) is 0 Å². The van der Waals surface area contributed by atoms with Crippen LogP contribution in [-0.4, -0.2) is 41.4 Å². The summed E-state index contributed by atoms with van der Waals surface area (Å²) < 4.78 is 16.1. The van der Waals surface area contributed by atoms with Crippen LogP contribution < -0.4 is 9.47 Å². The molecule has 0 aliphatic rings. The molecule has 0 atom stereocenters. The lowest BCUT2D eigenvalue weighted by molar-refractivity contribution is 0.0502. The van der Waals surface area contributed by atoms with Gasteiger partial charge in [-0.2, -0.15) is 5.26 Å². The van der Waals surface area contributed by atoms with E-state index in [1.165, 1.54) is 13.2 Å². The highest BCUT2D eigenvalue weighted by Gasteiger charge is 2.17. The number of aliphatic hydroxyl groups excluding tert-OH is 1. The van der Waals surface area contributed by atoms with Gasteiger partial charge in [-0.1, -0.05) is 26.0 Å². The van der Waals surface area contributed by atoms with Gasteiger partial charge in [0.1, 0.15) is 18.2 Å². The minimum atomic E-state index is -0.679. The predicted molar refractivity (Wildman–Crippen MR) is 115 cm³/mol. The molecule has 0 aliphatic heterocycles. The van der Waals surface area contributed by atoms with Gasteiger partial charge < -0.3 is 24.3 Å². The molecule has 0 bridgehead atoms. The number of aromatic amines is 1. The number of hydrogen-bond donors (Lipinski definition) is 2. The molecule has 2 N–H and O–H groups in total. The molecule has 0 aliphatic carbocycles. The van der Waals surface area contributed by atoms with Crippen molar-refractivity contribution in [3.63, 3.8) is 0 Å². The first kappa shape index (κ1) is 21.7. The number of para-hydroxylation sites is 2. The molecule has 0 amide bonds. The van der Waals surface area contributed by atoms with Crippen LogP contribution in [0.4, 0.5) is 0 Å². The maximum absolute atomic E-state index is 12.4. The second kappa shape index (κ2) is 9.67. The first-order valence-electron chi connectivity index (χ1n) is 9.68. The molecule has 0 fully saturated rings. The standard InChI is InChI=1S/C23H23N3O5/c1-14(2)12-30-20-9-8-15(10-21(20)29-3)23(28)31-13-19(27)16(11-24)22-25-17-6-4-5-7-18(17)26-22/h4-10,14,27H,12-13H2,1-3H3,(H,25,26)/b19-16-. The van der Waals surface area contributed by atoms with Crippen molar-refractivity contribution in [2.24, 2.45) is 5.92 Å². The molecule has 8 heteroatoms. The van der Waals surface area contributed by atoms with E-state index in [0.717, 1.165) is 5.52 Å². The number of nitriles is 1. The number of aliphatic hydroxyl groups is 1. The minimum Gasteiger partial charge on any atom is -0.507 e. The fourth-order valence-corrected chi connectivity index (χ4v) is 2.79. The maximum Gasteiger partial charge on any atom is 0.338 e. The van der Waals surface area contributed by atoms with E-state index in [1.54, 1.807) is 24.3 Å². The summed E-state index contributed by atoms with van der Waals surface area (Å²) in [7, 11) is 1.48. The van der Waals surface area contributed by atoms with Gasteiger partial charge in [0, 0.05) is 0 Å². The van der Waals surface area contributed by atoms with E-state index in [4.69, 9.17) is 14.2 Å². The van der Waals surface area contributed by atoms with Crippen molar-refractivity contribution < 1.29 is 24.1 Å². The van der Waals surface area contributed by atoms with Crippen LogP contribution in [0, 0.1) is 17.2 Å². The Morgan fingerprint density at radius 2 is 2.00 bits per heavy atom. The summed E-state index contributed by atoms with van der Waals surface area (Å²) in [6.45, 7) is 4.09. The summed E-state index contributed by atoms with van der Waals surface area (Å²) in [5.41, 5.74) is 1.51. The zero-order valence-electron chi connectivity index (χ0n) is 17.5. The van der Waals surface area contributed by atoms with Crippen molar-refractivity contribution in [1.82, 2.24) is 9.97 Å². The van der Waals surface area contributed by atoms with Crippen LogP contribution in [0.25, 0.3) is 16.6 Å². The highest BCUT2D eigenvalue weighted by molar-refractivity contribution is 5.90. The molecule has 1 aromatic heterocycles. The lowest BCUT2D eigenvalue weighted by Gasteiger charge is -2.13. The van der Waals surface area contributed by atoms with Crippen molar-refractivity contribution in [3.05, 3.63) is 59.6 Å². The molecule has 2 aromatic carbocycles. The predicted octanol–water partition coefficient (Wildman–Crippen LogP) is 4.26. The molecule has 0 spiro atoms. The molecule has 0 saturated heterocycles. The van der Waals surface area contributed by atoms with Crippen LogP contribution in [-0.2, 0) is 4.74 Å². The van der Waals surface area contributed by atoms with Gasteiger partial charge in [-0.25, -0.2) is 9.78 Å². The number of ether oxygens (including phenoxy) is 3.